The Morgan fingerprint density at radius 1 is 1.80 bits per heavy atom. The van der Waals surface area contributed by atoms with Crippen LogP contribution in [0.4, 0.5) is 0 Å². The molecule has 2 nitrogen and oxygen atoms in total. The number of hydrogen-bond donors (Lipinski definition) is 1. The highest BCUT2D eigenvalue weighted by atomic mass is 16.1. The minimum atomic E-state index is -0.149. The van der Waals surface area contributed by atoms with Crippen LogP contribution in [0, 0.1) is 5.92 Å². The molecule has 1 aliphatic rings. The van der Waals surface area contributed by atoms with Crippen molar-refractivity contribution in [2.24, 2.45) is 11.7 Å². The van der Waals surface area contributed by atoms with Crippen LogP contribution in [0.5, 0.6) is 0 Å². The summed E-state index contributed by atoms with van der Waals surface area (Å²) in [6, 6.07) is 0. The molecular weight excluding hydrogens is 126 g/mol. The standard InChI is InChI=1S/C8H13NO/c1-6-2-4-7(5-3-6)8(9)10/h2,7H,3-5H2,1H3,(H2,9,10)/t7-/m0/s1. The van der Waals surface area contributed by atoms with E-state index >= 15 is 0 Å². The van der Waals surface area contributed by atoms with E-state index in [2.05, 4.69) is 13.0 Å². The van der Waals surface area contributed by atoms with E-state index in [0.717, 1.165) is 19.3 Å². The molecule has 2 N–H and O–H groups in total. The molecule has 56 valence electrons. The fourth-order valence-corrected chi connectivity index (χ4v) is 1.22. The van der Waals surface area contributed by atoms with Gasteiger partial charge in [0.2, 0.25) is 5.91 Å². The molecule has 0 radical (unpaired) electrons. The smallest absolute Gasteiger partial charge is 0.220 e. The number of rotatable bonds is 1. The maximum atomic E-state index is 10.7. The van der Waals surface area contributed by atoms with Gasteiger partial charge in [-0.25, -0.2) is 0 Å². The molecule has 0 aromatic heterocycles. The first-order valence-electron chi connectivity index (χ1n) is 3.65. The van der Waals surface area contributed by atoms with Gasteiger partial charge in [-0.1, -0.05) is 11.6 Å². The molecule has 0 saturated heterocycles. The highest BCUT2D eigenvalue weighted by Gasteiger charge is 2.16. The van der Waals surface area contributed by atoms with Crippen LogP contribution in [0.1, 0.15) is 26.2 Å². The van der Waals surface area contributed by atoms with E-state index in [-0.39, 0.29) is 11.8 Å². The number of primary amides is 1. The van der Waals surface area contributed by atoms with Crippen LogP contribution >= 0.6 is 0 Å². The first-order chi connectivity index (χ1) is 4.70. The highest BCUT2D eigenvalue weighted by molar-refractivity contribution is 5.77. The lowest BCUT2D eigenvalue weighted by molar-refractivity contribution is -0.122. The number of allylic oxidation sites excluding steroid dienone is 2. The van der Waals surface area contributed by atoms with Crippen LogP contribution in [0.15, 0.2) is 11.6 Å². The summed E-state index contributed by atoms with van der Waals surface area (Å²) in [5.41, 5.74) is 6.53. The summed E-state index contributed by atoms with van der Waals surface area (Å²) in [7, 11) is 0. The summed E-state index contributed by atoms with van der Waals surface area (Å²) >= 11 is 0. The molecule has 0 saturated carbocycles. The molecule has 0 bridgehead atoms. The van der Waals surface area contributed by atoms with Crippen molar-refractivity contribution in [1.29, 1.82) is 0 Å². The van der Waals surface area contributed by atoms with Crippen molar-refractivity contribution < 1.29 is 4.79 Å². The molecule has 0 fully saturated rings. The zero-order valence-corrected chi connectivity index (χ0v) is 6.26. The lowest BCUT2D eigenvalue weighted by atomic mass is 9.90. The molecule has 0 aromatic carbocycles. The van der Waals surface area contributed by atoms with Gasteiger partial charge in [-0.15, -0.1) is 0 Å². The Morgan fingerprint density at radius 2 is 2.50 bits per heavy atom. The van der Waals surface area contributed by atoms with Crippen molar-refractivity contribution in [2.75, 3.05) is 0 Å². The third-order valence-electron chi connectivity index (χ3n) is 2.04. The normalized spacial score (nSPS) is 25.7. The summed E-state index contributed by atoms with van der Waals surface area (Å²) in [4.78, 5) is 10.7. The summed E-state index contributed by atoms with van der Waals surface area (Å²) in [5.74, 6) is -0.0487. The van der Waals surface area contributed by atoms with Gasteiger partial charge >= 0.3 is 0 Å². The average molecular weight is 139 g/mol. The van der Waals surface area contributed by atoms with Gasteiger partial charge in [-0.3, -0.25) is 4.79 Å². The zero-order valence-electron chi connectivity index (χ0n) is 6.26. The monoisotopic (exact) mass is 139 g/mol. The predicted molar refractivity (Wildman–Crippen MR) is 40.3 cm³/mol. The summed E-state index contributed by atoms with van der Waals surface area (Å²) in [6.07, 6.45) is 4.94. The van der Waals surface area contributed by atoms with Gasteiger partial charge in [0.25, 0.3) is 0 Å². The molecule has 1 atom stereocenters. The molecule has 2 heteroatoms. The Labute approximate surface area is 61.1 Å². The van der Waals surface area contributed by atoms with E-state index in [1.54, 1.807) is 0 Å². The van der Waals surface area contributed by atoms with Crippen LogP contribution in [-0.2, 0) is 4.79 Å². The van der Waals surface area contributed by atoms with Crippen molar-refractivity contribution in [2.45, 2.75) is 26.2 Å². The molecule has 1 aliphatic carbocycles. The maximum absolute atomic E-state index is 10.7. The van der Waals surface area contributed by atoms with Gasteiger partial charge in [0.1, 0.15) is 0 Å². The van der Waals surface area contributed by atoms with Crippen LogP contribution in [0.2, 0.25) is 0 Å². The molecule has 0 heterocycles. The minimum absolute atomic E-state index is 0.101. The van der Waals surface area contributed by atoms with E-state index in [1.807, 2.05) is 0 Å². The second-order valence-corrected chi connectivity index (χ2v) is 2.92. The summed E-state index contributed by atoms with van der Waals surface area (Å²) in [6.45, 7) is 2.09. The lowest BCUT2D eigenvalue weighted by Gasteiger charge is -2.16. The third-order valence-corrected chi connectivity index (χ3v) is 2.04. The van der Waals surface area contributed by atoms with E-state index in [4.69, 9.17) is 5.73 Å². The van der Waals surface area contributed by atoms with Crippen molar-refractivity contribution in [1.82, 2.24) is 0 Å². The summed E-state index contributed by atoms with van der Waals surface area (Å²) < 4.78 is 0. The SMILES string of the molecule is CC1=CC[C@H](C(N)=O)CC1. The molecule has 0 spiro atoms. The summed E-state index contributed by atoms with van der Waals surface area (Å²) in [5, 5.41) is 0. The zero-order chi connectivity index (χ0) is 7.56. The molecular formula is C8H13NO. The molecule has 0 aromatic rings. The van der Waals surface area contributed by atoms with Crippen LogP contribution in [0.3, 0.4) is 0 Å². The minimum Gasteiger partial charge on any atom is -0.369 e. The fourth-order valence-electron chi connectivity index (χ4n) is 1.22. The molecule has 0 unspecified atom stereocenters. The quantitative estimate of drug-likeness (QED) is 0.545. The van der Waals surface area contributed by atoms with Gasteiger partial charge < -0.3 is 5.73 Å². The van der Waals surface area contributed by atoms with Crippen molar-refractivity contribution in [3.8, 4) is 0 Å². The largest absolute Gasteiger partial charge is 0.369 e. The number of nitrogens with two attached hydrogens (primary N) is 1. The van der Waals surface area contributed by atoms with E-state index in [0.29, 0.717) is 0 Å². The van der Waals surface area contributed by atoms with Crippen LogP contribution < -0.4 is 5.73 Å². The number of carbonyl (C=O) groups is 1. The first-order valence-corrected chi connectivity index (χ1v) is 3.65. The number of carbonyl (C=O) groups excluding carboxylic acids is 1. The van der Waals surface area contributed by atoms with Crippen LogP contribution in [-0.4, -0.2) is 5.91 Å². The Hall–Kier alpha value is -0.790. The molecule has 10 heavy (non-hydrogen) atoms. The third kappa shape index (κ3) is 1.59. The van der Waals surface area contributed by atoms with Crippen LogP contribution in [0.25, 0.3) is 0 Å². The van der Waals surface area contributed by atoms with Gasteiger partial charge in [-0.05, 0) is 26.2 Å². The molecule has 1 rings (SSSR count). The maximum Gasteiger partial charge on any atom is 0.220 e. The predicted octanol–water partition coefficient (Wildman–Crippen LogP) is 1.22. The van der Waals surface area contributed by atoms with Gasteiger partial charge in [0, 0.05) is 5.92 Å². The Balaban J connectivity index is 2.50. The number of hydrogen-bond acceptors (Lipinski definition) is 1. The lowest BCUT2D eigenvalue weighted by Crippen LogP contribution is -2.24. The Bertz CT molecular complexity index is 172. The molecule has 1 amide bonds. The number of amides is 1. The first kappa shape index (κ1) is 7.32. The van der Waals surface area contributed by atoms with Crippen molar-refractivity contribution in [3.63, 3.8) is 0 Å². The fraction of sp³-hybridized carbons (Fsp3) is 0.625. The van der Waals surface area contributed by atoms with Gasteiger partial charge in [0.05, 0.1) is 0 Å². The van der Waals surface area contributed by atoms with Gasteiger partial charge in [-0.2, -0.15) is 0 Å². The second-order valence-electron chi connectivity index (χ2n) is 2.92. The average Bonchev–Trinajstić information content (AvgIpc) is 1.88. The van der Waals surface area contributed by atoms with Crippen molar-refractivity contribution >= 4 is 5.91 Å². The second kappa shape index (κ2) is 2.86. The highest BCUT2D eigenvalue weighted by Crippen LogP contribution is 2.22. The van der Waals surface area contributed by atoms with Crippen molar-refractivity contribution in [3.05, 3.63) is 11.6 Å². The van der Waals surface area contributed by atoms with E-state index in [1.165, 1.54) is 5.57 Å². The van der Waals surface area contributed by atoms with Gasteiger partial charge in [0.15, 0.2) is 0 Å². The van der Waals surface area contributed by atoms with E-state index < -0.39 is 0 Å². The Kier molecular flexibility index (Phi) is 2.10. The topological polar surface area (TPSA) is 43.1 Å². The van der Waals surface area contributed by atoms with E-state index in [9.17, 15) is 4.79 Å². The molecule has 0 aliphatic heterocycles. The Morgan fingerprint density at radius 3 is 2.90 bits per heavy atom.